The Hall–Kier alpha value is -3.68. The maximum absolute atomic E-state index is 13.0. The van der Waals surface area contributed by atoms with Crippen LogP contribution in [-0.4, -0.2) is 43.6 Å². The molecule has 0 saturated heterocycles. The summed E-state index contributed by atoms with van der Waals surface area (Å²) in [6.07, 6.45) is 2.70. The molecule has 0 aliphatic heterocycles. The van der Waals surface area contributed by atoms with Crippen LogP contribution < -0.4 is 5.32 Å². The first-order valence-corrected chi connectivity index (χ1v) is 12.1. The normalized spacial score (nSPS) is 19.3. The van der Waals surface area contributed by atoms with Crippen molar-refractivity contribution in [1.82, 2.24) is 0 Å². The Kier molecular flexibility index (Phi) is 9.22. The zero-order chi connectivity index (χ0) is 26.2. The number of carbonyl (C=O) groups excluding carboxylic acids is 4. The molecule has 2 aromatic carbocycles. The van der Waals surface area contributed by atoms with Gasteiger partial charge in [0, 0.05) is 5.69 Å². The van der Waals surface area contributed by atoms with Gasteiger partial charge in [-0.1, -0.05) is 39.3 Å². The summed E-state index contributed by atoms with van der Waals surface area (Å²) in [4.78, 5) is 49.6. The molecule has 3 rings (SSSR count). The van der Waals surface area contributed by atoms with Crippen LogP contribution in [0.4, 0.5) is 5.69 Å². The zero-order valence-corrected chi connectivity index (χ0v) is 21.1. The molecule has 0 radical (unpaired) electrons. The van der Waals surface area contributed by atoms with Gasteiger partial charge in [0.15, 0.2) is 6.61 Å². The molecule has 0 unspecified atom stereocenters. The Balaban J connectivity index is 1.61. The molecule has 1 saturated carbocycles. The van der Waals surface area contributed by atoms with Crippen LogP contribution in [0.2, 0.25) is 0 Å². The van der Waals surface area contributed by atoms with Crippen molar-refractivity contribution in [2.45, 2.75) is 46.1 Å². The Bertz CT molecular complexity index is 1090. The molecule has 1 aliphatic rings. The van der Waals surface area contributed by atoms with E-state index in [-0.39, 0.29) is 23.1 Å². The van der Waals surface area contributed by atoms with E-state index in [1.807, 2.05) is 0 Å². The minimum Gasteiger partial charge on any atom is -0.465 e. The van der Waals surface area contributed by atoms with Gasteiger partial charge in [-0.2, -0.15) is 0 Å². The monoisotopic (exact) mass is 495 g/mol. The molecule has 8 heteroatoms. The molecule has 1 aliphatic carbocycles. The summed E-state index contributed by atoms with van der Waals surface area (Å²) in [5.74, 6) is -1.30. The minimum absolute atomic E-state index is 0.0442. The number of hydrogen-bond acceptors (Lipinski definition) is 7. The van der Waals surface area contributed by atoms with Gasteiger partial charge in [0.25, 0.3) is 5.91 Å². The molecule has 3 atom stereocenters. The van der Waals surface area contributed by atoms with E-state index < -0.39 is 30.4 Å². The molecular weight excluding hydrogens is 462 g/mol. The molecular formula is C28H33NO7. The predicted octanol–water partition coefficient (Wildman–Crippen LogP) is 4.89. The van der Waals surface area contributed by atoms with E-state index in [4.69, 9.17) is 9.47 Å². The maximum Gasteiger partial charge on any atom is 0.339 e. The van der Waals surface area contributed by atoms with Crippen molar-refractivity contribution in [3.8, 4) is 0 Å². The lowest BCUT2D eigenvalue weighted by atomic mass is 9.75. The Morgan fingerprint density at radius 1 is 0.917 bits per heavy atom. The van der Waals surface area contributed by atoms with Gasteiger partial charge in [0.2, 0.25) is 0 Å². The fraction of sp³-hybridized carbons (Fsp3) is 0.429. The second-order valence-corrected chi connectivity index (χ2v) is 9.51. The summed E-state index contributed by atoms with van der Waals surface area (Å²) >= 11 is 0. The molecule has 0 heterocycles. The van der Waals surface area contributed by atoms with E-state index in [2.05, 4.69) is 30.8 Å². The van der Waals surface area contributed by atoms with Crippen molar-refractivity contribution in [3.63, 3.8) is 0 Å². The summed E-state index contributed by atoms with van der Waals surface area (Å²) < 4.78 is 15.7. The third-order valence-electron chi connectivity index (χ3n) is 6.51. The fourth-order valence-corrected chi connectivity index (χ4v) is 4.50. The average molecular weight is 496 g/mol. The van der Waals surface area contributed by atoms with Gasteiger partial charge in [-0.25, -0.2) is 14.4 Å². The van der Waals surface area contributed by atoms with E-state index in [1.165, 1.54) is 43.5 Å². The Labute approximate surface area is 211 Å². The lowest BCUT2D eigenvalue weighted by Gasteiger charge is -2.36. The quantitative estimate of drug-likeness (QED) is 0.410. The first kappa shape index (κ1) is 26.9. The number of methoxy groups -OCH3 is 1. The maximum atomic E-state index is 13.0. The highest BCUT2D eigenvalue weighted by atomic mass is 16.5. The first-order valence-electron chi connectivity index (χ1n) is 12.1. The summed E-state index contributed by atoms with van der Waals surface area (Å²) in [7, 11) is 1.28. The molecule has 192 valence electrons. The molecule has 8 nitrogen and oxygen atoms in total. The van der Waals surface area contributed by atoms with Crippen LogP contribution in [0.3, 0.4) is 0 Å². The van der Waals surface area contributed by atoms with Crippen molar-refractivity contribution in [3.05, 3.63) is 65.2 Å². The van der Waals surface area contributed by atoms with Gasteiger partial charge < -0.3 is 19.5 Å². The zero-order valence-electron chi connectivity index (χ0n) is 21.1. The lowest BCUT2D eigenvalue weighted by molar-refractivity contribution is -0.119. The SMILES string of the molecule is COC(=O)c1ccc(NC(=O)COC(=O)c2ccccc2C(=O)O[C@@H]2C[C@@H](C)CC[C@@H]2C(C)C)cc1. The minimum atomic E-state index is -0.795. The van der Waals surface area contributed by atoms with E-state index in [9.17, 15) is 19.2 Å². The smallest absolute Gasteiger partial charge is 0.339 e. The molecule has 1 N–H and O–H groups in total. The number of nitrogens with one attached hydrogen (secondary N) is 1. The first-order chi connectivity index (χ1) is 17.2. The highest BCUT2D eigenvalue weighted by molar-refractivity contribution is 6.04. The topological polar surface area (TPSA) is 108 Å². The van der Waals surface area contributed by atoms with Crippen molar-refractivity contribution >= 4 is 29.5 Å². The third kappa shape index (κ3) is 6.93. The molecule has 0 aromatic heterocycles. The third-order valence-corrected chi connectivity index (χ3v) is 6.51. The number of amides is 1. The van der Waals surface area contributed by atoms with E-state index in [0.29, 0.717) is 23.1 Å². The van der Waals surface area contributed by atoms with Gasteiger partial charge in [-0.05, 0) is 67.0 Å². The van der Waals surface area contributed by atoms with Gasteiger partial charge in [0.05, 0.1) is 23.8 Å². The fourth-order valence-electron chi connectivity index (χ4n) is 4.50. The summed E-state index contributed by atoms with van der Waals surface area (Å²) in [5.41, 5.74) is 0.923. The molecule has 2 aromatic rings. The van der Waals surface area contributed by atoms with Gasteiger partial charge in [-0.3, -0.25) is 4.79 Å². The highest BCUT2D eigenvalue weighted by Gasteiger charge is 2.34. The van der Waals surface area contributed by atoms with E-state index in [0.717, 1.165) is 19.3 Å². The summed E-state index contributed by atoms with van der Waals surface area (Å²) in [6.45, 7) is 5.87. The molecule has 36 heavy (non-hydrogen) atoms. The lowest BCUT2D eigenvalue weighted by Crippen LogP contribution is -2.36. The van der Waals surface area contributed by atoms with Crippen LogP contribution >= 0.6 is 0 Å². The van der Waals surface area contributed by atoms with Crippen molar-refractivity contribution in [1.29, 1.82) is 0 Å². The van der Waals surface area contributed by atoms with Crippen LogP contribution in [0, 0.1) is 17.8 Å². The Morgan fingerprint density at radius 2 is 1.56 bits per heavy atom. The van der Waals surface area contributed by atoms with Crippen LogP contribution in [0.25, 0.3) is 0 Å². The second-order valence-electron chi connectivity index (χ2n) is 9.51. The molecule has 0 bridgehead atoms. The number of benzene rings is 2. The summed E-state index contributed by atoms with van der Waals surface area (Å²) in [5, 5.41) is 2.58. The molecule has 1 fully saturated rings. The second kappa shape index (κ2) is 12.3. The molecule has 1 amide bonds. The predicted molar refractivity (Wildman–Crippen MR) is 134 cm³/mol. The Morgan fingerprint density at radius 3 is 2.17 bits per heavy atom. The van der Waals surface area contributed by atoms with Crippen LogP contribution in [-0.2, 0) is 19.0 Å². The van der Waals surface area contributed by atoms with E-state index >= 15 is 0 Å². The molecule has 0 spiro atoms. The summed E-state index contributed by atoms with van der Waals surface area (Å²) in [6, 6.07) is 12.4. The van der Waals surface area contributed by atoms with Crippen LogP contribution in [0.15, 0.2) is 48.5 Å². The average Bonchev–Trinajstić information content (AvgIpc) is 2.87. The van der Waals surface area contributed by atoms with E-state index in [1.54, 1.807) is 12.1 Å². The van der Waals surface area contributed by atoms with Crippen molar-refractivity contribution < 1.29 is 33.4 Å². The largest absolute Gasteiger partial charge is 0.465 e. The van der Waals surface area contributed by atoms with Crippen LogP contribution in [0.1, 0.15) is 71.1 Å². The number of rotatable bonds is 8. The number of esters is 3. The standard InChI is InChI=1S/C28H33NO7/c1-17(2)21-14-9-18(3)15-24(21)36-28(33)23-8-6-5-7-22(23)27(32)35-16-25(30)29-20-12-10-19(11-13-20)26(31)34-4/h5-8,10-13,17-18,21,24H,9,14-16H2,1-4H3,(H,29,30)/t18-,21+,24+/m0/s1. The van der Waals surface area contributed by atoms with Gasteiger partial charge in [0.1, 0.15) is 6.10 Å². The highest BCUT2D eigenvalue weighted by Crippen LogP contribution is 2.35. The number of hydrogen-bond donors (Lipinski definition) is 1. The number of carbonyl (C=O) groups is 4. The number of ether oxygens (including phenoxy) is 3. The van der Waals surface area contributed by atoms with Crippen molar-refractivity contribution in [2.24, 2.45) is 17.8 Å². The van der Waals surface area contributed by atoms with Gasteiger partial charge in [-0.15, -0.1) is 0 Å². The van der Waals surface area contributed by atoms with Crippen molar-refractivity contribution in [2.75, 3.05) is 19.0 Å². The van der Waals surface area contributed by atoms with Gasteiger partial charge >= 0.3 is 17.9 Å². The van der Waals surface area contributed by atoms with Crippen LogP contribution in [0.5, 0.6) is 0 Å². The number of anilines is 1.